The molecule has 0 unspecified atom stereocenters. The fraction of sp³-hybridized carbons (Fsp3) is 0.238. The van der Waals surface area contributed by atoms with Gasteiger partial charge in [-0.3, -0.25) is 10.00 Å². The molecule has 27 heavy (non-hydrogen) atoms. The number of hydrogen-bond donors (Lipinski definition) is 2. The number of carbonyl (C=O) groups is 1. The van der Waals surface area contributed by atoms with E-state index in [9.17, 15) is 4.79 Å². The molecular weight excluding hydrogens is 338 g/mol. The van der Waals surface area contributed by atoms with Crippen molar-refractivity contribution >= 4 is 17.5 Å². The van der Waals surface area contributed by atoms with Crippen LogP contribution in [0, 0.1) is 0 Å². The zero-order valence-corrected chi connectivity index (χ0v) is 15.5. The van der Waals surface area contributed by atoms with Crippen molar-refractivity contribution in [1.82, 2.24) is 15.1 Å². The molecule has 0 atom stereocenters. The molecule has 0 saturated carbocycles. The van der Waals surface area contributed by atoms with Crippen LogP contribution in [-0.4, -0.2) is 35.9 Å². The highest BCUT2D eigenvalue weighted by Gasteiger charge is 2.05. The lowest BCUT2D eigenvalue weighted by atomic mass is 10.2. The lowest BCUT2D eigenvalue weighted by Crippen LogP contribution is -2.31. The van der Waals surface area contributed by atoms with Gasteiger partial charge in [-0.05, 0) is 24.1 Å². The van der Waals surface area contributed by atoms with E-state index in [1.807, 2.05) is 54.7 Å². The van der Waals surface area contributed by atoms with Gasteiger partial charge < -0.3 is 10.2 Å². The van der Waals surface area contributed by atoms with Crippen LogP contribution in [0.3, 0.4) is 0 Å². The fourth-order valence-corrected chi connectivity index (χ4v) is 2.78. The van der Waals surface area contributed by atoms with Crippen LogP contribution in [0.2, 0.25) is 0 Å². The van der Waals surface area contributed by atoms with Gasteiger partial charge in [-0.2, -0.15) is 5.10 Å². The van der Waals surface area contributed by atoms with E-state index in [1.54, 1.807) is 10.7 Å². The minimum atomic E-state index is -0.234. The van der Waals surface area contributed by atoms with E-state index >= 15 is 0 Å². The number of nitrogens with zero attached hydrogens (tertiary/aromatic N) is 3. The molecule has 1 aromatic heterocycles. The molecule has 0 saturated heterocycles. The van der Waals surface area contributed by atoms with E-state index in [4.69, 9.17) is 0 Å². The highest BCUT2D eigenvalue weighted by Crippen LogP contribution is 2.10. The molecule has 0 aliphatic carbocycles. The number of aromatic nitrogens is 2. The second-order valence-corrected chi connectivity index (χ2v) is 6.38. The lowest BCUT2D eigenvalue weighted by molar-refractivity contribution is 0.252. The maximum atomic E-state index is 12.0. The van der Waals surface area contributed by atoms with E-state index in [-0.39, 0.29) is 6.03 Å². The molecule has 3 aromatic rings. The number of carbonyl (C=O) groups excluding carboxylic acids is 1. The van der Waals surface area contributed by atoms with Crippen molar-refractivity contribution in [2.75, 3.05) is 30.4 Å². The SMILES string of the molecule is CN(CCCNC(=O)Nc1ccn(Cc2ccccc2)n1)c1ccccc1. The summed E-state index contributed by atoms with van der Waals surface area (Å²) in [4.78, 5) is 14.2. The normalized spacial score (nSPS) is 10.4. The Labute approximate surface area is 159 Å². The van der Waals surface area contributed by atoms with Crippen LogP contribution in [0.25, 0.3) is 0 Å². The molecular formula is C21H25N5O. The number of urea groups is 1. The maximum Gasteiger partial charge on any atom is 0.320 e. The zero-order chi connectivity index (χ0) is 18.9. The number of anilines is 2. The van der Waals surface area contributed by atoms with Crippen LogP contribution in [0.1, 0.15) is 12.0 Å². The monoisotopic (exact) mass is 363 g/mol. The van der Waals surface area contributed by atoms with Crippen molar-refractivity contribution in [1.29, 1.82) is 0 Å². The third-order valence-corrected chi connectivity index (χ3v) is 4.22. The van der Waals surface area contributed by atoms with Crippen molar-refractivity contribution in [3.05, 3.63) is 78.5 Å². The number of para-hydroxylation sites is 1. The van der Waals surface area contributed by atoms with Crippen molar-refractivity contribution in [3.63, 3.8) is 0 Å². The van der Waals surface area contributed by atoms with Gasteiger partial charge >= 0.3 is 6.03 Å². The Balaban J connectivity index is 1.37. The second kappa shape index (κ2) is 9.43. The Morgan fingerprint density at radius 1 is 1.04 bits per heavy atom. The Morgan fingerprint density at radius 3 is 2.48 bits per heavy atom. The first-order valence-electron chi connectivity index (χ1n) is 9.09. The van der Waals surface area contributed by atoms with Gasteiger partial charge in [0, 0.05) is 38.1 Å². The van der Waals surface area contributed by atoms with Gasteiger partial charge in [-0.25, -0.2) is 4.79 Å². The van der Waals surface area contributed by atoms with Gasteiger partial charge in [-0.15, -0.1) is 0 Å². The first-order chi connectivity index (χ1) is 13.2. The summed E-state index contributed by atoms with van der Waals surface area (Å²) in [5.74, 6) is 0.546. The Kier molecular flexibility index (Phi) is 6.46. The summed E-state index contributed by atoms with van der Waals surface area (Å²) in [6.07, 6.45) is 2.72. The van der Waals surface area contributed by atoms with Crippen molar-refractivity contribution < 1.29 is 4.79 Å². The average Bonchev–Trinajstić information content (AvgIpc) is 3.13. The van der Waals surface area contributed by atoms with Crippen LogP contribution in [0.4, 0.5) is 16.3 Å². The number of amides is 2. The Bertz CT molecular complexity index is 832. The van der Waals surface area contributed by atoms with Crippen molar-refractivity contribution in [2.45, 2.75) is 13.0 Å². The van der Waals surface area contributed by atoms with E-state index in [0.717, 1.165) is 13.0 Å². The molecule has 140 valence electrons. The predicted octanol–water partition coefficient (Wildman–Crippen LogP) is 3.58. The molecule has 0 bridgehead atoms. The largest absolute Gasteiger partial charge is 0.375 e. The number of hydrogen-bond acceptors (Lipinski definition) is 3. The van der Waals surface area contributed by atoms with Crippen molar-refractivity contribution in [3.8, 4) is 0 Å². The fourth-order valence-electron chi connectivity index (χ4n) is 2.78. The molecule has 0 aliphatic rings. The van der Waals surface area contributed by atoms with Gasteiger partial charge in [0.05, 0.1) is 6.54 Å². The van der Waals surface area contributed by atoms with Crippen LogP contribution in [0.15, 0.2) is 72.9 Å². The summed E-state index contributed by atoms with van der Waals surface area (Å²) >= 11 is 0. The minimum Gasteiger partial charge on any atom is -0.375 e. The topological polar surface area (TPSA) is 62.2 Å². The van der Waals surface area contributed by atoms with Crippen LogP contribution < -0.4 is 15.5 Å². The first-order valence-corrected chi connectivity index (χ1v) is 9.09. The molecule has 3 rings (SSSR count). The van der Waals surface area contributed by atoms with Gasteiger partial charge in [0.1, 0.15) is 0 Å². The number of rotatable bonds is 8. The first kappa shape index (κ1) is 18.5. The van der Waals surface area contributed by atoms with Crippen LogP contribution >= 0.6 is 0 Å². The molecule has 2 amide bonds. The van der Waals surface area contributed by atoms with E-state index < -0.39 is 0 Å². The summed E-state index contributed by atoms with van der Waals surface area (Å²) < 4.78 is 1.81. The predicted molar refractivity (Wildman–Crippen MR) is 109 cm³/mol. The molecule has 0 aliphatic heterocycles. The van der Waals surface area contributed by atoms with Gasteiger partial charge in [0.15, 0.2) is 5.82 Å². The second-order valence-electron chi connectivity index (χ2n) is 6.38. The van der Waals surface area contributed by atoms with Crippen LogP contribution in [-0.2, 0) is 6.54 Å². The zero-order valence-electron chi connectivity index (χ0n) is 15.5. The molecule has 6 heteroatoms. The Morgan fingerprint density at radius 2 is 1.74 bits per heavy atom. The molecule has 0 spiro atoms. The molecule has 1 heterocycles. The number of benzene rings is 2. The third kappa shape index (κ3) is 5.88. The molecule has 0 radical (unpaired) electrons. The summed E-state index contributed by atoms with van der Waals surface area (Å²) in [6, 6.07) is 21.9. The maximum absolute atomic E-state index is 12.0. The highest BCUT2D eigenvalue weighted by molar-refractivity contribution is 5.88. The standard InChI is InChI=1S/C21H25N5O/c1-25(19-11-6-3-7-12-19)15-8-14-22-21(27)23-20-13-16-26(24-20)17-18-9-4-2-5-10-18/h2-7,9-13,16H,8,14-15,17H2,1H3,(H2,22,23,24,27). The van der Waals surface area contributed by atoms with E-state index in [2.05, 4.69) is 39.8 Å². The minimum absolute atomic E-state index is 0.234. The van der Waals surface area contributed by atoms with Crippen LogP contribution in [0.5, 0.6) is 0 Å². The summed E-state index contributed by atoms with van der Waals surface area (Å²) in [5.41, 5.74) is 2.34. The number of nitrogens with one attached hydrogen (secondary N) is 2. The summed E-state index contributed by atoms with van der Waals surface area (Å²) in [7, 11) is 2.05. The molecule has 2 aromatic carbocycles. The van der Waals surface area contributed by atoms with Gasteiger partial charge in [-0.1, -0.05) is 48.5 Å². The van der Waals surface area contributed by atoms with Gasteiger partial charge in [0.2, 0.25) is 0 Å². The lowest BCUT2D eigenvalue weighted by Gasteiger charge is -2.19. The van der Waals surface area contributed by atoms with E-state index in [0.29, 0.717) is 18.9 Å². The Hall–Kier alpha value is -3.28. The quantitative estimate of drug-likeness (QED) is 0.601. The van der Waals surface area contributed by atoms with Gasteiger partial charge in [0.25, 0.3) is 0 Å². The average molecular weight is 363 g/mol. The third-order valence-electron chi connectivity index (χ3n) is 4.22. The van der Waals surface area contributed by atoms with Crippen molar-refractivity contribution in [2.24, 2.45) is 0 Å². The highest BCUT2D eigenvalue weighted by atomic mass is 16.2. The smallest absolute Gasteiger partial charge is 0.320 e. The summed E-state index contributed by atoms with van der Waals surface area (Å²) in [5, 5.41) is 10.0. The molecule has 2 N–H and O–H groups in total. The van der Waals surface area contributed by atoms with E-state index in [1.165, 1.54) is 11.3 Å². The molecule has 6 nitrogen and oxygen atoms in total. The summed E-state index contributed by atoms with van der Waals surface area (Å²) in [6.45, 7) is 2.15. The molecule has 0 fully saturated rings.